The molecule has 0 saturated carbocycles. The van der Waals surface area contributed by atoms with Crippen LogP contribution in [0, 0.1) is 0 Å². The number of nitrogens with zero attached hydrogens (tertiary/aromatic N) is 2. The molecular formula is C17H23N3O. The highest BCUT2D eigenvalue weighted by molar-refractivity contribution is 5.33. The molecule has 21 heavy (non-hydrogen) atoms. The van der Waals surface area contributed by atoms with Gasteiger partial charge in [0.2, 0.25) is 0 Å². The summed E-state index contributed by atoms with van der Waals surface area (Å²) in [6.45, 7) is 3.05. The van der Waals surface area contributed by atoms with Crippen LogP contribution in [0.4, 0.5) is 0 Å². The van der Waals surface area contributed by atoms with Gasteiger partial charge in [-0.25, -0.2) is 4.98 Å². The van der Waals surface area contributed by atoms with Crippen molar-refractivity contribution in [2.45, 2.75) is 44.8 Å². The minimum atomic E-state index is 0.408. The van der Waals surface area contributed by atoms with Crippen LogP contribution in [-0.4, -0.2) is 22.7 Å². The second kappa shape index (κ2) is 6.31. The molecule has 0 aliphatic carbocycles. The van der Waals surface area contributed by atoms with Gasteiger partial charge in [0.1, 0.15) is 5.75 Å². The maximum Gasteiger partial charge on any atom is 0.123 e. The fraction of sp³-hybridized carbons (Fsp3) is 0.471. The monoisotopic (exact) mass is 285 g/mol. The SMILES string of the molecule is COc1ccccc1Cn1cncc1C1CCCC(C)N1. The minimum absolute atomic E-state index is 0.408. The Kier molecular flexibility index (Phi) is 4.25. The first kappa shape index (κ1) is 14.1. The molecule has 0 spiro atoms. The van der Waals surface area contributed by atoms with E-state index in [0.717, 1.165) is 12.3 Å². The third-order valence-electron chi connectivity index (χ3n) is 4.25. The molecule has 1 fully saturated rings. The zero-order valence-corrected chi connectivity index (χ0v) is 12.7. The van der Waals surface area contributed by atoms with E-state index >= 15 is 0 Å². The van der Waals surface area contributed by atoms with Crippen molar-refractivity contribution < 1.29 is 4.74 Å². The summed E-state index contributed by atoms with van der Waals surface area (Å²) in [5, 5.41) is 3.68. The van der Waals surface area contributed by atoms with Crippen LogP contribution in [-0.2, 0) is 6.54 Å². The number of para-hydroxylation sites is 1. The van der Waals surface area contributed by atoms with Crippen molar-refractivity contribution in [1.82, 2.24) is 14.9 Å². The van der Waals surface area contributed by atoms with Crippen LogP contribution in [0.3, 0.4) is 0 Å². The number of ether oxygens (including phenoxy) is 1. The Bertz CT molecular complexity index is 593. The lowest BCUT2D eigenvalue weighted by Gasteiger charge is -2.29. The molecule has 1 aromatic carbocycles. The van der Waals surface area contributed by atoms with Crippen molar-refractivity contribution in [3.05, 3.63) is 48.0 Å². The average Bonchev–Trinajstić information content (AvgIpc) is 2.96. The van der Waals surface area contributed by atoms with Crippen molar-refractivity contribution in [1.29, 1.82) is 0 Å². The van der Waals surface area contributed by atoms with E-state index in [1.807, 2.05) is 24.7 Å². The van der Waals surface area contributed by atoms with E-state index in [2.05, 4.69) is 33.9 Å². The highest BCUT2D eigenvalue weighted by Gasteiger charge is 2.22. The summed E-state index contributed by atoms with van der Waals surface area (Å²) < 4.78 is 7.68. The van der Waals surface area contributed by atoms with E-state index in [-0.39, 0.29) is 0 Å². The molecular weight excluding hydrogens is 262 g/mol. The molecule has 0 bridgehead atoms. The summed E-state index contributed by atoms with van der Waals surface area (Å²) in [4.78, 5) is 4.36. The van der Waals surface area contributed by atoms with Gasteiger partial charge in [-0.3, -0.25) is 0 Å². The van der Waals surface area contributed by atoms with Gasteiger partial charge in [-0.15, -0.1) is 0 Å². The largest absolute Gasteiger partial charge is 0.496 e. The predicted octanol–water partition coefficient (Wildman–Crippen LogP) is 3.14. The maximum atomic E-state index is 5.45. The Balaban J connectivity index is 1.82. The normalized spacial score (nSPS) is 22.2. The number of aromatic nitrogens is 2. The molecule has 1 N–H and O–H groups in total. The Morgan fingerprint density at radius 1 is 1.33 bits per heavy atom. The number of nitrogens with one attached hydrogen (secondary N) is 1. The first-order valence-corrected chi connectivity index (χ1v) is 7.66. The van der Waals surface area contributed by atoms with Gasteiger partial charge < -0.3 is 14.6 Å². The molecule has 4 nitrogen and oxygen atoms in total. The van der Waals surface area contributed by atoms with Gasteiger partial charge in [0.05, 0.1) is 25.7 Å². The Hall–Kier alpha value is -1.81. The van der Waals surface area contributed by atoms with Gasteiger partial charge in [0.25, 0.3) is 0 Å². The maximum absolute atomic E-state index is 5.45. The molecule has 4 heteroatoms. The zero-order valence-electron chi connectivity index (χ0n) is 12.7. The smallest absolute Gasteiger partial charge is 0.123 e. The van der Waals surface area contributed by atoms with Gasteiger partial charge in [0.15, 0.2) is 0 Å². The van der Waals surface area contributed by atoms with Crippen LogP contribution in [0.5, 0.6) is 5.75 Å². The van der Waals surface area contributed by atoms with Crippen LogP contribution in [0.15, 0.2) is 36.8 Å². The van der Waals surface area contributed by atoms with E-state index in [1.54, 1.807) is 7.11 Å². The van der Waals surface area contributed by atoms with Crippen LogP contribution < -0.4 is 10.1 Å². The van der Waals surface area contributed by atoms with Crippen LogP contribution in [0.1, 0.15) is 43.5 Å². The van der Waals surface area contributed by atoms with E-state index in [4.69, 9.17) is 4.74 Å². The molecule has 1 aliphatic rings. The van der Waals surface area contributed by atoms with Crippen molar-refractivity contribution >= 4 is 0 Å². The highest BCUT2D eigenvalue weighted by atomic mass is 16.5. The molecule has 2 atom stereocenters. The van der Waals surface area contributed by atoms with E-state index < -0.39 is 0 Å². The van der Waals surface area contributed by atoms with Gasteiger partial charge in [-0.05, 0) is 32.3 Å². The molecule has 112 valence electrons. The lowest BCUT2D eigenvalue weighted by Crippen LogP contribution is -2.35. The van der Waals surface area contributed by atoms with E-state index in [1.165, 1.54) is 30.5 Å². The third kappa shape index (κ3) is 3.10. The van der Waals surface area contributed by atoms with Gasteiger partial charge >= 0.3 is 0 Å². The fourth-order valence-electron chi connectivity index (χ4n) is 3.14. The predicted molar refractivity (Wildman–Crippen MR) is 83.5 cm³/mol. The number of methoxy groups -OCH3 is 1. The van der Waals surface area contributed by atoms with E-state index in [0.29, 0.717) is 12.1 Å². The fourth-order valence-corrected chi connectivity index (χ4v) is 3.14. The summed E-state index contributed by atoms with van der Waals surface area (Å²) in [5.74, 6) is 0.933. The number of piperidine rings is 1. The number of hydrogen-bond donors (Lipinski definition) is 1. The summed E-state index contributed by atoms with van der Waals surface area (Å²) >= 11 is 0. The first-order chi connectivity index (χ1) is 10.3. The van der Waals surface area contributed by atoms with Crippen molar-refractivity contribution in [3.8, 4) is 5.75 Å². The third-order valence-corrected chi connectivity index (χ3v) is 4.25. The average molecular weight is 285 g/mol. The van der Waals surface area contributed by atoms with Crippen molar-refractivity contribution in [3.63, 3.8) is 0 Å². The van der Waals surface area contributed by atoms with Gasteiger partial charge in [-0.2, -0.15) is 0 Å². The minimum Gasteiger partial charge on any atom is -0.496 e. The molecule has 1 aromatic heterocycles. The topological polar surface area (TPSA) is 39.1 Å². The van der Waals surface area contributed by atoms with Gasteiger partial charge in [0, 0.05) is 23.8 Å². The summed E-state index contributed by atoms with van der Waals surface area (Å²) in [6, 6.07) is 9.16. The molecule has 1 saturated heterocycles. The van der Waals surface area contributed by atoms with E-state index in [9.17, 15) is 0 Å². The lowest BCUT2D eigenvalue weighted by atomic mass is 9.97. The molecule has 2 unspecified atom stereocenters. The zero-order chi connectivity index (χ0) is 14.7. The molecule has 2 heterocycles. The standard InChI is InChI=1S/C17H23N3O/c1-13-6-5-8-15(19-13)16-10-18-12-20(16)11-14-7-3-4-9-17(14)21-2/h3-4,7,9-10,12-13,15,19H,5-6,8,11H2,1-2H3. The molecule has 1 aliphatic heterocycles. The first-order valence-electron chi connectivity index (χ1n) is 7.66. The van der Waals surface area contributed by atoms with Crippen molar-refractivity contribution in [2.75, 3.05) is 7.11 Å². The Morgan fingerprint density at radius 2 is 2.19 bits per heavy atom. The summed E-state index contributed by atoms with van der Waals surface area (Å²) in [6.07, 6.45) is 7.63. The molecule has 0 amide bonds. The van der Waals surface area contributed by atoms with Gasteiger partial charge in [-0.1, -0.05) is 18.2 Å². The van der Waals surface area contributed by atoms with Crippen LogP contribution >= 0.6 is 0 Å². The number of imidazole rings is 1. The number of benzene rings is 1. The Labute approximate surface area is 126 Å². The number of hydrogen-bond acceptors (Lipinski definition) is 3. The quantitative estimate of drug-likeness (QED) is 0.938. The summed E-state index contributed by atoms with van der Waals surface area (Å²) in [7, 11) is 1.72. The molecule has 2 aromatic rings. The summed E-state index contributed by atoms with van der Waals surface area (Å²) in [5.41, 5.74) is 2.45. The Morgan fingerprint density at radius 3 is 3.00 bits per heavy atom. The second-order valence-corrected chi connectivity index (χ2v) is 5.81. The number of rotatable bonds is 4. The van der Waals surface area contributed by atoms with Crippen LogP contribution in [0.2, 0.25) is 0 Å². The van der Waals surface area contributed by atoms with Crippen LogP contribution in [0.25, 0.3) is 0 Å². The second-order valence-electron chi connectivity index (χ2n) is 5.81. The molecule has 0 radical (unpaired) electrons. The molecule has 3 rings (SSSR count). The highest BCUT2D eigenvalue weighted by Crippen LogP contribution is 2.27. The van der Waals surface area contributed by atoms with Crippen molar-refractivity contribution in [2.24, 2.45) is 0 Å². The lowest BCUT2D eigenvalue weighted by molar-refractivity contribution is 0.330.